The molecule has 1 unspecified atom stereocenters. The molecule has 2 aliphatic rings. The highest BCUT2D eigenvalue weighted by Crippen LogP contribution is 2.34. The Morgan fingerprint density at radius 1 is 1.21 bits per heavy atom. The maximum atomic E-state index is 13.1. The number of rotatable bonds is 9. The summed E-state index contributed by atoms with van der Waals surface area (Å²) in [6.45, 7) is 6.60. The highest BCUT2D eigenvalue weighted by Gasteiger charge is 2.27. The molecule has 210 valence electrons. The first-order valence-electron chi connectivity index (χ1n) is 14.0. The van der Waals surface area contributed by atoms with Gasteiger partial charge in [-0.25, -0.2) is 15.3 Å². The van der Waals surface area contributed by atoms with Gasteiger partial charge in [-0.1, -0.05) is 13.3 Å². The molecule has 2 saturated heterocycles. The number of nitrogens with one attached hydrogen (secondary N) is 2. The SMILES string of the molecule is CCCc1nn(C)c2c(=O)[nH]c(-c3cc(N4CCC(C(=O)NOC5CCCCO5)CC4)ccc3OCC)nc12. The Morgan fingerprint density at radius 3 is 2.74 bits per heavy atom. The van der Waals surface area contributed by atoms with E-state index in [4.69, 9.17) is 19.3 Å². The van der Waals surface area contributed by atoms with Gasteiger partial charge in [0.05, 0.1) is 17.9 Å². The van der Waals surface area contributed by atoms with E-state index < -0.39 is 0 Å². The normalized spacial score (nSPS) is 18.4. The predicted molar refractivity (Wildman–Crippen MR) is 147 cm³/mol. The van der Waals surface area contributed by atoms with E-state index in [0.717, 1.165) is 62.1 Å². The summed E-state index contributed by atoms with van der Waals surface area (Å²) in [5.74, 6) is 0.904. The second-order valence-electron chi connectivity index (χ2n) is 10.2. The molecule has 11 heteroatoms. The third-order valence-corrected chi connectivity index (χ3v) is 7.43. The van der Waals surface area contributed by atoms with Crippen molar-refractivity contribution < 1.29 is 19.1 Å². The van der Waals surface area contributed by atoms with Crippen molar-refractivity contribution >= 4 is 22.6 Å². The van der Waals surface area contributed by atoms with Crippen LogP contribution in [0, 0.1) is 5.92 Å². The Morgan fingerprint density at radius 2 is 2.03 bits per heavy atom. The molecular weight excluding hydrogens is 500 g/mol. The third-order valence-electron chi connectivity index (χ3n) is 7.43. The van der Waals surface area contributed by atoms with E-state index in [2.05, 4.69) is 27.4 Å². The van der Waals surface area contributed by atoms with Crippen LogP contribution in [0.4, 0.5) is 5.69 Å². The van der Waals surface area contributed by atoms with Crippen LogP contribution in [0.15, 0.2) is 23.0 Å². The van der Waals surface area contributed by atoms with Crippen LogP contribution < -0.4 is 20.7 Å². The topological polar surface area (TPSA) is 124 Å². The molecule has 4 heterocycles. The standard InChI is InChI=1S/C28H38N6O5/c1-4-8-21-24-25(33(3)31-21)28(36)30-26(29-24)20-17-19(10-11-22(20)37-5-2)34-14-12-18(13-15-34)27(35)32-39-23-9-6-7-16-38-23/h10-11,17-18,23H,4-9,12-16H2,1-3H3,(H,32,35)(H,29,30,36). The molecule has 0 bridgehead atoms. The lowest BCUT2D eigenvalue weighted by molar-refractivity contribution is -0.202. The number of aromatic amines is 1. The summed E-state index contributed by atoms with van der Waals surface area (Å²) in [6.07, 6.45) is 5.59. The van der Waals surface area contributed by atoms with Crippen LogP contribution in [-0.2, 0) is 27.8 Å². The molecule has 0 radical (unpaired) electrons. The van der Waals surface area contributed by atoms with Gasteiger partial charge in [-0.15, -0.1) is 0 Å². The maximum Gasteiger partial charge on any atom is 0.277 e. The molecule has 2 fully saturated rings. The molecule has 5 rings (SSSR count). The van der Waals surface area contributed by atoms with Gasteiger partial charge >= 0.3 is 0 Å². The predicted octanol–water partition coefficient (Wildman–Crippen LogP) is 3.47. The number of hydrogen-bond donors (Lipinski definition) is 2. The van der Waals surface area contributed by atoms with Crippen LogP contribution in [0.1, 0.15) is 58.1 Å². The number of benzene rings is 1. The summed E-state index contributed by atoms with van der Waals surface area (Å²) < 4.78 is 13.0. The van der Waals surface area contributed by atoms with Crippen molar-refractivity contribution in [2.45, 2.75) is 65.1 Å². The third kappa shape index (κ3) is 5.94. The van der Waals surface area contributed by atoms with Crippen molar-refractivity contribution in [1.29, 1.82) is 0 Å². The average Bonchev–Trinajstić information content (AvgIpc) is 3.28. The largest absolute Gasteiger partial charge is 0.493 e. The number of fused-ring (bicyclic) bond motifs is 1. The summed E-state index contributed by atoms with van der Waals surface area (Å²) in [5.41, 5.74) is 6.01. The van der Waals surface area contributed by atoms with Crippen molar-refractivity contribution in [3.8, 4) is 17.1 Å². The minimum atomic E-state index is -0.353. The second-order valence-corrected chi connectivity index (χ2v) is 10.2. The number of aryl methyl sites for hydroxylation is 2. The van der Waals surface area contributed by atoms with Gasteiger partial charge in [0.2, 0.25) is 5.91 Å². The highest BCUT2D eigenvalue weighted by atomic mass is 16.8. The van der Waals surface area contributed by atoms with E-state index in [1.54, 1.807) is 11.7 Å². The fraction of sp³-hybridized carbons (Fsp3) is 0.571. The van der Waals surface area contributed by atoms with Crippen LogP contribution in [-0.4, -0.2) is 58.2 Å². The summed E-state index contributed by atoms with van der Waals surface area (Å²) in [7, 11) is 1.77. The zero-order valence-electron chi connectivity index (χ0n) is 23.0. The van der Waals surface area contributed by atoms with Crippen LogP contribution in [0.3, 0.4) is 0 Å². The summed E-state index contributed by atoms with van der Waals surface area (Å²) in [4.78, 5) is 41.3. The first-order chi connectivity index (χ1) is 19.0. The second kappa shape index (κ2) is 12.2. The zero-order chi connectivity index (χ0) is 27.4. The van der Waals surface area contributed by atoms with Crippen LogP contribution in [0.2, 0.25) is 0 Å². The van der Waals surface area contributed by atoms with E-state index in [1.807, 2.05) is 25.1 Å². The van der Waals surface area contributed by atoms with Gasteiger partial charge in [-0.2, -0.15) is 5.10 Å². The number of piperidine rings is 1. The summed E-state index contributed by atoms with van der Waals surface area (Å²) in [6, 6.07) is 5.95. The van der Waals surface area contributed by atoms with Crippen molar-refractivity contribution in [3.05, 3.63) is 34.2 Å². The Kier molecular flexibility index (Phi) is 8.47. The van der Waals surface area contributed by atoms with E-state index in [0.29, 0.717) is 48.7 Å². The number of carbonyl (C=O) groups excluding carboxylic acids is 1. The van der Waals surface area contributed by atoms with E-state index >= 15 is 0 Å². The molecule has 2 aromatic heterocycles. The van der Waals surface area contributed by atoms with Gasteiger partial charge in [0, 0.05) is 44.8 Å². The number of ether oxygens (including phenoxy) is 2. The Bertz CT molecular complexity index is 1350. The number of hydroxylamine groups is 1. The Labute approximate surface area is 227 Å². The smallest absolute Gasteiger partial charge is 0.277 e. The molecule has 2 N–H and O–H groups in total. The zero-order valence-corrected chi connectivity index (χ0v) is 23.0. The van der Waals surface area contributed by atoms with Crippen LogP contribution in [0.25, 0.3) is 22.4 Å². The minimum Gasteiger partial charge on any atom is -0.493 e. The lowest BCUT2D eigenvalue weighted by atomic mass is 9.95. The van der Waals surface area contributed by atoms with Crippen molar-refractivity contribution in [2.75, 3.05) is 31.2 Å². The first kappa shape index (κ1) is 27.1. The lowest BCUT2D eigenvalue weighted by Crippen LogP contribution is -2.42. The Balaban J connectivity index is 1.34. The maximum absolute atomic E-state index is 13.1. The van der Waals surface area contributed by atoms with E-state index in [-0.39, 0.29) is 23.7 Å². The monoisotopic (exact) mass is 538 g/mol. The number of anilines is 1. The minimum absolute atomic E-state index is 0.0920. The van der Waals surface area contributed by atoms with Gasteiger partial charge in [0.15, 0.2) is 11.8 Å². The molecule has 3 aromatic rings. The van der Waals surface area contributed by atoms with Gasteiger partial charge in [0.25, 0.3) is 5.56 Å². The van der Waals surface area contributed by atoms with Crippen LogP contribution in [0.5, 0.6) is 5.75 Å². The molecule has 0 aliphatic carbocycles. The average molecular weight is 539 g/mol. The fourth-order valence-electron chi connectivity index (χ4n) is 5.37. The number of H-pyrrole nitrogens is 1. The molecule has 0 saturated carbocycles. The first-order valence-corrected chi connectivity index (χ1v) is 14.0. The van der Waals surface area contributed by atoms with Crippen molar-refractivity contribution in [3.63, 3.8) is 0 Å². The van der Waals surface area contributed by atoms with Crippen LogP contribution >= 0.6 is 0 Å². The number of aromatic nitrogens is 4. The molecule has 1 amide bonds. The lowest BCUT2D eigenvalue weighted by Gasteiger charge is -2.33. The quantitative estimate of drug-likeness (QED) is 0.397. The summed E-state index contributed by atoms with van der Waals surface area (Å²) >= 11 is 0. The number of hydrogen-bond acceptors (Lipinski definition) is 8. The molecule has 2 aliphatic heterocycles. The summed E-state index contributed by atoms with van der Waals surface area (Å²) in [5, 5.41) is 4.53. The van der Waals surface area contributed by atoms with Crippen molar-refractivity contribution in [1.82, 2.24) is 25.2 Å². The fourth-order valence-corrected chi connectivity index (χ4v) is 5.37. The highest BCUT2D eigenvalue weighted by molar-refractivity contribution is 5.81. The number of amides is 1. The van der Waals surface area contributed by atoms with Gasteiger partial charge in [-0.3, -0.25) is 14.3 Å². The van der Waals surface area contributed by atoms with E-state index in [1.165, 1.54) is 0 Å². The molecule has 11 nitrogen and oxygen atoms in total. The molecule has 0 spiro atoms. The number of nitrogens with zero attached hydrogens (tertiary/aromatic N) is 4. The molecule has 1 atom stereocenters. The van der Waals surface area contributed by atoms with Gasteiger partial charge in [-0.05, 0) is 57.2 Å². The molecule has 1 aromatic carbocycles. The Hall–Kier alpha value is -3.44. The van der Waals surface area contributed by atoms with Gasteiger partial charge < -0.3 is 19.4 Å². The molecular formula is C28H38N6O5. The van der Waals surface area contributed by atoms with Gasteiger partial charge in [0.1, 0.15) is 17.1 Å². The van der Waals surface area contributed by atoms with Crippen molar-refractivity contribution in [2.24, 2.45) is 13.0 Å². The van der Waals surface area contributed by atoms with E-state index in [9.17, 15) is 9.59 Å². The molecule has 39 heavy (non-hydrogen) atoms. The number of carbonyl (C=O) groups is 1.